The van der Waals surface area contributed by atoms with Crippen molar-refractivity contribution in [2.45, 2.75) is 57.5 Å². The van der Waals surface area contributed by atoms with Gasteiger partial charge in [0, 0.05) is 43.9 Å². The molecule has 2 fully saturated rings. The van der Waals surface area contributed by atoms with Crippen LogP contribution < -0.4 is 0 Å². The standard InChI is InChI=1S/C16H25N3O/c20-16-7-2-1-5-14(16)15-6-3-10-19(15)11-4-9-18-12-8-17-13-18/h8,12-15H,1-7,9-11H2. The topological polar surface area (TPSA) is 38.1 Å². The molecule has 1 aliphatic heterocycles. The summed E-state index contributed by atoms with van der Waals surface area (Å²) < 4.78 is 2.14. The van der Waals surface area contributed by atoms with Crippen molar-refractivity contribution in [3.05, 3.63) is 18.7 Å². The van der Waals surface area contributed by atoms with Gasteiger partial charge < -0.3 is 4.57 Å². The minimum absolute atomic E-state index is 0.333. The fourth-order valence-corrected chi connectivity index (χ4v) is 3.88. The summed E-state index contributed by atoms with van der Waals surface area (Å²) >= 11 is 0. The highest BCUT2D eigenvalue weighted by Gasteiger charge is 2.36. The molecule has 2 aliphatic rings. The Labute approximate surface area is 121 Å². The number of likely N-dealkylation sites (tertiary alicyclic amines) is 1. The highest BCUT2D eigenvalue weighted by atomic mass is 16.1. The molecule has 2 atom stereocenters. The molecule has 0 spiro atoms. The second kappa shape index (κ2) is 6.53. The van der Waals surface area contributed by atoms with Gasteiger partial charge in [-0.05, 0) is 38.6 Å². The van der Waals surface area contributed by atoms with E-state index in [9.17, 15) is 4.79 Å². The van der Waals surface area contributed by atoms with Gasteiger partial charge in [0.05, 0.1) is 6.33 Å². The van der Waals surface area contributed by atoms with E-state index >= 15 is 0 Å². The van der Waals surface area contributed by atoms with Crippen LogP contribution in [0.1, 0.15) is 44.9 Å². The summed E-state index contributed by atoms with van der Waals surface area (Å²) in [5, 5.41) is 0. The Morgan fingerprint density at radius 3 is 2.95 bits per heavy atom. The fourth-order valence-electron chi connectivity index (χ4n) is 3.88. The lowest BCUT2D eigenvalue weighted by Crippen LogP contribution is -2.41. The summed E-state index contributed by atoms with van der Waals surface area (Å²) in [6.07, 6.45) is 13.7. The number of Topliss-reactive ketones (excluding diaryl/α,β-unsaturated/α-hetero) is 1. The van der Waals surface area contributed by atoms with E-state index in [-0.39, 0.29) is 0 Å². The zero-order valence-electron chi connectivity index (χ0n) is 12.2. The summed E-state index contributed by atoms with van der Waals surface area (Å²) in [6, 6.07) is 0.533. The van der Waals surface area contributed by atoms with Crippen LogP contribution in [0.15, 0.2) is 18.7 Å². The molecule has 20 heavy (non-hydrogen) atoms. The SMILES string of the molecule is O=C1CCCCC1C1CCCN1CCCn1ccnc1. The summed E-state index contributed by atoms with van der Waals surface area (Å²) in [4.78, 5) is 18.8. The number of nitrogens with zero attached hydrogens (tertiary/aromatic N) is 3. The molecular weight excluding hydrogens is 250 g/mol. The van der Waals surface area contributed by atoms with E-state index in [1.54, 1.807) is 0 Å². The zero-order valence-corrected chi connectivity index (χ0v) is 12.2. The van der Waals surface area contributed by atoms with Crippen molar-refractivity contribution in [3.8, 4) is 0 Å². The van der Waals surface area contributed by atoms with Gasteiger partial charge in [0.1, 0.15) is 5.78 Å². The van der Waals surface area contributed by atoms with Gasteiger partial charge >= 0.3 is 0 Å². The summed E-state index contributed by atoms with van der Waals surface area (Å²) in [7, 11) is 0. The zero-order chi connectivity index (χ0) is 13.8. The van der Waals surface area contributed by atoms with E-state index < -0.39 is 0 Å². The van der Waals surface area contributed by atoms with Crippen molar-refractivity contribution >= 4 is 5.78 Å². The number of imidazole rings is 1. The van der Waals surface area contributed by atoms with Crippen LogP contribution >= 0.6 is 0 Å². The average molecular weight is 275 g/mol. The maximum absolute atomic E-state index is 12.1. The third-order valence-corrected chi connectivity index (χ3v) is 4.90. The molecule has 0 amide bonds. The number of hydrogen-bond acceptors (Lipinski definition) is 3. The van der Waals surface area contributed by atoms with Gasteiger partial charge in [-0.15, -0.1) is 0 Å². The Hall–Kier alpha value is -1.16. The lowest BCUT2D eigenvalue weighted by Gasteiger charge is -2.33. The molecule has 0 radical (unpaired) electrons. The first kappa shape index (κ1) is 13.8. The van der Waals surface area contributed by atoms with Crippen LogP contribution in [0.5, 0.6) is 0 Å². The predicted octanol–water partition coefficient (Wildman–Crippen LogP) is 2.50. The number of carbonyl (C=O) groups is 1. The molecule has 2 heterocycles. The van der Waals surface area contributed by atoms with Crippen LogP contribution in [0.4, 0.5) is 0 Å². The minimum atomic E-state index is 0.333. The van der Waals surface area contributed by atoms with E-state index in [0.29, 0.717) is 17.7 Å². The second-order valence-corrected chi connectivity index (χ2v) is 6.22. The van der Waals surface area contributed by atoms with Crippen LogP contribution in [-0.4, -0.2) is 39.4 Å². The molecule has 0 aromatic carbocycles. The maximum Gasteiger partial charge on any atom is 0.137 e. The highest BCUT2D eigenvalue weighted by molar-refractivity contribution is 5.82. The number of carbonyl (C=O) groups excluding carboxylic acids is 1. The number of aromatic nitrogens is 2. The van der Waals surface area contributed by atoms with Gasteiger partial charge in [-0.1, -0.05) is 6.42 Å². The monoisotopic (exact) mass is 275 g/mol. The van der Waals surface area contributed by atoms with E-state index in [1.165, 1.54) is 25.8 Å². The van der Waals surface area contributed by atoms with Crippen molar-refractivity contribution in [2.75, 3.05) is 13.1 Å². The molecule has 1 aromatic rings. The molecule has 2 unspecified atom stereocenters. The van der Waals surface area contributed by atoms with Crippen molar-refractivity contribution in [1.29, 1.82) is 0 Å². The van der Waals surface area contributed by atoms with E-state index in [0.717, 1.165) is 38.8 Å². The first-order valence-corrected chi connectivity index (χ1v) is 8.07. The lowest BCUT2D eigenvalue weighted by atomic mass is 9.82. The Balaban J connectivity index is 1.51. The van der Waals surface area contributed by atoms with Gasteiger partial charge in [-0.25, -0.2) is 4.98 Å². The summed E-state index contributed by atoms with van der Waals surface area (Å²) in [5.41, 5.74) is 0. The van der Waals surface area contributed by atoms with E-state index in [2.05, 4.69) is 14.5 Å². The number of hydrogen-bond donors (Lipinski definition) is 0. The molecule has 1 aliphatic carbocycles. The largest absolute Gasteiger partial charge is 0.337 e. The van der Waals surface area contributed by atoms with Crippen LogP contribution in [0, 0.1) is 5.92 Å². The minimum Gasteiger partial charge on any atom is -0.337 e. The highest BCUT2D eigenvalue weighted by Crippen LogP contribution is 2.32. The van der Waals surface area contributed by atoms with Gasteiger partial charge in [-0.3, -0.25) is 9.69 Å². The maximum atomic E-state index is 12.1. The lowest BCUT2D eigenvalue weighted by molar-refractivity contribution is -0.126. The molecular formula is C16H25N3O. The van der Waals surface area contributed by atoms with Gasteiger partial charge in [0.15, 0.2) is 0 Å². The van der Waals surface area contributed by atoms with Crippen LogP contribution in [0.3, 0.4) is 0 Å². The normalized spacial score (nSPS) is 28.1. The first-order chi connectivity index (χ1) is 9.84. The molecule has 1 aromatic heterocycles. The van der Waals surface area contributed by atoms with Crippen LogP contribution in [0.25, 0.3) is 0 Å². The fraction of sp³-hybridized carbons (Fsp3) is 0.750. The smallest absolute Gasteiger partial charge is 0.137 e. The third-order valence-electron chi connectivity index (χ3n) is 4.90. The molecule has 1 saturated heterocycles. The number of aryl methyl sites for hydroxylation is 1. The van der Waals surface area contributed by atoms with Crippen LogP contribution in [-0.2, 0) is 11.3 Å². The molecule has 4 nitrogen and oxygen atoms in total. The number of rotatable bonds is 5. The van der Waals surface area contributed by atoms with E-state index in [4.69, 9.17) is 0 Å². The van der Waals surface area contributed by atoms with Crippen molar-refractivity contribution in [1.82, 2.24) is 14.5 Å². The molecule has 110 valence electrons. The van der Waals surface area contributed by atoms with Crippen molar-refractivity contribution in [2.24, 2.45) is 5.92 Å². The van der Waals surface area contributed by atoms with Crippen molar-refractivity contribution < 1.29 is 4.79 Å². The molecule has 4 heteroatoms. The van der Waals surface area contributed by atoms with Crippen molar-refractivity contribution in [3.63, 3.8) is 0 Å². The number of ketones is 1. The van der Waals surface area contributed by atoms with Crippen LogP contribution in [0.2, 0.25) is 0 Å². The average Bonchev–Trinajstić information content (AvgIpc) is 3.11. The van der Waals surface area contributed by atoms with E-state index in [1.807, 2.05) is 18.7 Å². The third kappa shape index (κ3) is 3.11. The molecule has 1 saturated carbocycles. The van der Waals surface area contributed by atoms with Gasteiger partial charge in [0.2, 0.25) is 0 Å². The van der Waals surface area contributed by atoms with Gasteiger partial charge in [0.25, 0.3) is 0 Å². The quantitative estimate of drug-likeness (QED) is 0.828. The summed E-state index contributed by atoms with van der Waals surface area (Å²) in [6.45, 7) is 3.33. The second-order valence-electron chi connectivity index (χ2n) is 6.22. The van der Waals surface area contributed by atoms with Gasteiger partial charge in [-0.2, -0.15) is 0 Å². The Bertz CT molecular complexity index is 429. The Morgan fingerprint density at radius 2 is 2.15 bits per heavy atom. The Kier molecular flexibility index (Phi) is 4.51. The molecule has 3 rings (SSSR count). The molecule has 0 bridgehead atoms. The first-order valence-electron chi connectivity index (χ1n) is 8.07. The summed E-state index contributed by atoms with van der Waals surface area (Å²) in [5.74, 6) is 0.863. The molecule has 0 N–H and O–H groups in total. The predicted molar refractivity (Wildman–Crippen MR) is 78.4 cm³/mol. The Morgan fingerprint density at radius 1 is 1.20 bits per heavy atom.